The molecule has 174 valence electrons. The van der Waals surface area contributed by atoms with Gasteiger partial charge in [0.25, 0.3) is 5.91 Å². The van der Waals surface area contributed by atoms with E-state index in [4.69, 9.17) is 0 Å². The molecule has 4 rings (SSSR count). The van der Waals surface area contributed by atoms with Crippen molar-refractivity contribution < 1.29 is 9.59 Å². The third kappa shape index (κ3) is 6.46. The monoisotopic (exact) mass is 471 g/mol. The van der Waals surface area contributed by atoms with Gasteiger partial charge in [-0.05, 0) is 62.6 Å². The second-order valence-corrected chi connectivity index (χ2v) is 8.90. The van der Waals surface area contributed by atoms with Crippen LogP contribution in [0.2, 0.25) is 0 Å². The lowest BCUT2D eigenvalue weighted by atomic mass is 9.97. The maximum absolute atomic E-state index is 13.1. The Morgan fingerprint density at radius 2 is 2.00 bits per heavy atom. The summed E-state index contributed by atoms with van der Waals surface area (Å²) in [4.78, 5) is 34.1. The van der Waals surface area contributed by atoms with Crippen LogP contribution in [0.4, 0.5) is 5.82 Å². The number of nitrogens with one attached hydrogen (secondary N) is 2. The van der Waals surface area contributed by atoms with Crippen LogP contribution in [0.1, 0.15) is 49.4 Å². The van der Waals surface area contributed by atoms with Crippen LogP contribution in [0.15, 0.2) is 18.3 Å². The SMILES string of the molecule is CC1CCN(c2cc(C(=O)N3CCCC(CNC(=O)C4CCCN4)C3)ccn2)C1.Cl.Cl. The normalized spacial score (nSPS) is 25.5. The van der Waals surface area contributed by atoms with Gasteiger partial charge in [0.1, 0.15) is 5.82 Å². The van der Waals surface area contributed by atoms with E-state index >= 15 is 0 Å². The zero-order valence-electron chi connectivity index (χ0n) is 18.2. The molecule has 3 saturated heterocycles. The molecule has 3 aliphatic rings. The van der Waals surface area contributed by atoms with E-state index in [0.29, 0.717) is 24.9 Å². The van der Waals surface area contributed by atoms with E-state index in [2.05, 4.69) is 27.4 Å². The molecule has 1 aromatic rings. The van der Waals surface area contributed by atoms with Crippen LogP contribution < -0.4 is 15.5 Å². The lowest BCUT2D eigenvalue weighted by molar-refractivity contribution is -0.123. The molecule has 2 N–H and O–H groups in total. The molecular formula is C22H35Cl2N5O2. The fourth-order valence-electron chi connectivity index (χ4n) is 4.74. The number of rotatable bonds is 5. The van der Waals surface area contributed by atoms with Gasteiger partial charge < -0.3 is 20.4 Å². The number of anilines is 1. The zero-order valence-corrected chi connectivity index (χ0v) is 19.8. The Kier molecular flexibility index (Phi) is 9.85. The molecule has 3 unspecified atom stereocenters. The molecule has 0 spiro atoms. The topological polar surface area (TPSA) is 77.6 Å². The smallest absolute Gasteiger partial charge is 0.254 e. The van der Waals surface area contributed by atoms with Gasteiger partial charge in [0.2, 0.25) is 5.91 Å². The predicted molar refractivity (Wildman–Crippen MR) is 127 cm³/mol. The summed E-state index contributed by atoms with van der Waals surface area (Å²) in [6.45, 7) is 7.33. The average Bonchev–Trinajstić information content (AvgIpc) is 3.44. The Labute approximate surface area is 197 Å². The summed E-state index contributed by atoms with van der Waals surface area (Å²) in [5.41, 5.74) is 0.717. The number of amides is 2. The number of piperidine rings is 1. The van der Waals surface area contributed by atoms with Gasteiger partial charge >= 0.3 is 0 Å². The highest BCUT2D eigenvalue weighted by atomic mass is 35.5. The second-order valence-electron chi connectivity index (χ2n) is 8.90. The van der Waals surface area contributed by atoms with Gasteiger partial charge in [0, 0.05) is 44.5 Å². The Bertz CT molecular complexity index is 744. The van der Waals surface area contributed by atoms with Gasteiger partial charge in [-0.2, -0.15) is 0 Å². The summed E-state index contributed by atoms with van der Waals surface area (Å²) >= 11 is 0. The Morgan fingerprint density at radius 3 is 2.71 bits per heavy atom. The first-order chi connectivity index (χ1) is 14.1. The molecule has 0 saturated carbocycles. The first kappa shape index (κ1) is 25.7. The Morgan fingerprint density at radius 1 is 1.16 bits per heavy atom. The number of likely N-dealkylation sites (tertiary alicyclic amines) is 1. The predicted octanol–water partition coefficient (Wildman–Crippen LogP) is 2.49. The van der Waals surface area contributed by atoms with E-state index in [1.54, 1.807) is 6.20 Å². The molecule has 0 aromatic carbocycles. The third-order valence-corrected chi connectivity index (χ3v) is 6.49. The first-order valence-corrected chi connectivity index (χ1v) is 11.1. The largest absolute Gasteiger partial charge is 0.356 e. The molecular weight excluding hydrogens is 437 g/mol. The average molecular weight is 472 g/mol. The van der Waals surface area contributed by atoms with Gasteiger partial charge in [-0.1, -0.05) is 6.92 Å². The van der Waals surface area contributed by atoms with Crippen LogP contribution in [0.5, 0.6) is 0 Å². The summed E-state index contributed by atoms with van der Waals surface area (Å²) in [5, 5.41) is 6.32. The van der Waals surface area contributed by atoms with E-state index in [0.717, 1.165) is 63.2 Å². The Balaban J connectivity index is 0.00000171. The number of carbonyl (C=O) groups is 2. The van der Waals surface area contributed by atoms with Crippen LogP contribution in [0.25, 0.3) is 0 Å². The molecule has 4 heterocycles. The second kappa shape index (κ2) is 11.9. The van der Waals surface area contributed by atoms with E-state index in [-0.39, 0.29) is 42.7 Å². The number of hydrogen-bond acceptors (Lipinski definition) is 5. The molecule has 0 aliphatic carbocycles. The number of halogens is 2. The van der Waals surface area contributed by atoms with Crippen LogP contribution in [0.3, 0.4) is 0 Å². The Hall–Kier alpha value is -1.57. The van der Waals surface area contributed by atoms with Crippen molar-refractivity contribution in [2.24, 2.45) is 11.8 Å². The van der Waals surface area contributed by atoms with Crippen molar-refractivity contribution in [1.82, 2.24) is 20.5 Å². The third-order valence-electron chi connectivity index (χ3n) is 6.49. The highest BCUT2D eigenvalue weighted by Crippen LogP contribution is 2.24. The molecule has 0 bridgehead atoms. The lowest BCUT2D eigenvalue weighted by Gasteiger charge is -2.33. The van der Waals surface area contributed by atoms with Gasteiger partial charge in [-0.15, -0.1) is 24.8 Å². The minimum atomic E-state index is -0.0418. The molecule has 3 fully saturated rings. The number of carbonyl (C=O) groups excluding carboxylic acids is 2. The highest BCUT2D eigenvalue weighted by Gasteiger charge is 2.27. The van der Waals surface area contributed by atoms with Crippen LogP contribution in [0, 0.1) is 11.8 Å². The van der Waals surface area contributed by atoms with Crippen molar-refractivity contribution in [1.29, 1.82) is 0 Å². The van der Waals surface area contributed by atoms with Crippen LogP contribution in [-0.4, -0.2) is 67.0 Å². The van der Waals surface area contributed by atoms with Gasteiger partial charge in [-0.3, -0.25) is 9.59 Å². The molecule has 7 nitrogen and oxygen atoms in total. The summed E-state index contributed by atoms with van der Waals surface area (Å²) in [6.07, 6.45) is 6.94. The van der Waals surface area contributed by atoms with Crippen molar-refractivity contribution in [3.05, 3.63) is 23.9 Å². The summed E-state index contributed by atoms with van der Waals surface area (Å²) in [7, 11) is 0. The lowest BCUT2D eigenvalue weighted by Crippen LogP contribution is -2.46. The molecule has 31 heavy (non-hydrogen) atoms. The summed E-state index contributed by atoms with van der Waals surface area (Å²) in [5.74, 6) is 2.08. The minimum absolute atomic E-state index is 0. The van der Waals surface area contributed by atoms with Gasteiger partial charge in [0.05, 0.1) is 6.04 Å². The summed E-state index contributed by atoms with van der Waals surface area (Å²) < 4.78 is 0. The van der Waals surface area contributed by atoms with Crippen molar-refractivity contribution in [3.8, 4) is 0 Å². The van der Waals surface area contributed by atoms with Gasteiger partial charge in [-0.25, -0.2) is 4.98 Å². The number of nitrogens with zero attached hydrogens (tertiary/aromatic N) is 3. The number of aromatic nitrogens is 1. The van der Waals surface area contributed by atoms with Crippen molar-refractivity contribution in [3.63, 3.8) is 0 Å². The maximum Gasteiger partial charge on any atom is 0.254 e. The molecule has 0 radical (unpaired) electrons. The molecule has 2 amide bonds. The van der Waals surface area contributed by atoms with Gasteiger partial charge in [0.15, 0.2) is 0 Å². The van der Waals surface area contributed by atoms with Crippen molar-refractivity contribution >= 4 is 42.4 Å². The molecule has 1 aromatic heterocycles. The van der Waals surface area contributed by atoms with E-state index in [1.807, 2.05) is 17.0 Å². The first-order valence-electron chi connectivity index (χ1n) is 11.1. The van der Waals surface area contributed by atoms with E-state index < -0.39 is 0 Å². The van der Waals surface area contributed by atoms with Crippen molar-refractivity contribution in [2.45, 2.75) is 45.1 Å². The van der Waals surface area contributed by atoms with Crippen LogP contribution in [-0.2, 0) is 4.79 Å². The molecule has 9 heteroatoms. The summed E-state index contributed by atoms with van der Waals surface area (Å²) in [6, 6.07) is 3.72. The standard InChI is InChI=1S/C22H33N5O2.2ClH/c1-16-7-11-26(14-16)20-12-18(6-9-24-20)22(29)27-10-3-4-17(15-27)13-25-21(28)19-5-2-8-23-19;;/h6,9,12,16-17,19,23H,2-5,7-8,10-11,13-15H2,1H3,(H,25,28);2*1H. The fourth-order valence-corrected chi connectivity index (χ4v) is 4.74. The minimum Gasteiger partial charge on any atom is -0.356 e. The number of hydrogen-bond donors (Lipinski definition) is 2. The van der Waals surface area contributed by atoms with Crippen molar-refractivity contribution in [2.75, 3.05) is 44.2 Å². The highest BCUT2D eigenvalue weighted by molar-refractivity contribution is 5.95. The maximum atomic E-state index is 13.1. The van der Waals surface area contributed by atoms with Crippen LogP contribution >= 0.6 is 24.8 Å². The quantitative estimate of drug-likeness (QED) is 0.689. The van der Waals surface area contributed by atoms with E-state index in [9.17, 15) is 9.59 Å². The zero-order chi connectivity index (χ0) is 20.2. The molecule has 3 aliphatic heterocycles. The number of pyridine rings is 1. The molecule has 3 atom stereocenters. The van der Waals surface area contributed by atoms with E-state index in [1.165, 1.54) is 6.42 Å². The fraction of sp³-hybridized carbons (Fsp3) is 0.682.